The second-order valence-electron chi connectivity index (χ2n) is 5.06. The van der Waals surface area contributed by atoms with Crippen LogP contribution in [0.4, 0.5) is 0 Å². The fourth-order valence-electron chi connectivity index (χ4n) is 2.24. The fourth-order valence-corrected chi connectivity index (χ4v) is 2.24. The van der Waals surface area contributed by atoms with Crippen LogP contribution in [-0.2, 0) is 9.53 Å². The molecule has 1 aromatic carbocycles. The Bertz CT molecular complexity index is 420. The summed E-state index contributed by atoms with van der Waals surface area (Å²) in [7, 11) is 0. The molecule has 0 aliphatic heterocycles. The van der Waals surface area contributed by atoms with E-state index in [4.69, 9.17) is 4.74 Å². The molecule has 0 radical (unpaired) electrons. The maximum absolute atomic E-state index is 11.6. The third-order valence-corrected chi connectivity index (χ3v) is 3.24. The van der Waals surface area contributed by atoms with Crippen LogP contribution in [0.5, 0.6) is 0 Å². The molecule has 1 aromatic rings. The van der Waals surface area contributed by atoms with Crippen LogP contribution in [0.25, 0.3) is 0 Å². The monoisotopic (exact) mass is 274 g/mol. The van der Waals surface area contributed by atoms with Gasteiger partial charge in [-0.3, -0.25) is 4.79 Å². The number of hydrogen-bond acceptors (Lipinski definition) is 2. The van der Waals surface area contributed by atoms with E-state index in [1.807, 2.05) is 25.1 Å². The Hall–Kier alpha value is -1.41. The number of ether oxygens (including phenoxy) is 1. The molecule has 110 valence electrons. The molecule has 1 unspecified atom stereocenters. The molecule has 0 fully saturated rings. The van der Waals surface area contributed by atoms with Gasteiger partial charge in [0.05, 0.1) is 6.61 Å². The van der Waals surface area contributed by atoms with Crippen molar-refractivity contribution in [1.82, 2.24) is 0 Å². The van der Waals surface area contributed by atoms with Gasteiger partial charge in [-0.15, -0.1) is 0 Å². The lowest BCUT2D eigenvalue weighted by molar-refractivity contribution is -0.120. The van der Waals surface area contributed by atoms with Gasteiger partial charge in [0.25, 0.3) is 0 Å². The predicted octanol–water partition coefficient (Wildman–Crippen LogP) is 4.86. The van der Waals surface area contributed by atoms with E-state index < -0.39 is 0 Å². The molecular formula is C18H26O2. The van der Waals surface area contributed by atoms with Crippen molar-refractivity contribution < 1.29 is 9.53 Å². The van der Waals surface area contributed by atoms with Gasteiger partial charge in [0.15, 0.2) is 0 Å². The summed E-state index contributed by atoms with van der Waals surface area (Å²) >= 11 is 0. The first-order valence-corrected chi connectivity index (χ1v) is 7.53. The number of rotatable bonds is 9. The van der Waals surface area contributed by atoms with Crippen LogP contribution in [0.1, 0.15) is 58.1 Å². The molecule has 0 spiro atoms. The second-order valence-corrected chi connectivity index (χ2v) is 5.06. The Labute approximate surface area is 122 Å². The largest absolute Gasteiger partial charge is 0.369 e. The summed E-state index contributed by atoms with van der Waals surface area (Å²) < 4.78 is 5.97. The van der Waals surface area contributed by atoms with Crippen LogP contribution in [0, 0.1) is 0 Å². The van der Waals surface area contributed by atoms with Gasteiger partial charge < -0.3 is 4.74 Å². The Balaban J connectivity index is 2.65. The highest BCUT2D eigenvalue weighted by Gasteiger charge is 2.14. The van der Waals surface area contributed by atoms with Crippen molar-refractivity contribution in [1.29, 1.82) is 0 Å². The number of carbonyl (C=O) groups excluding carboxylic acids is 1. The first kappa shape index (κ1) is 16.6. The molecule has 2 heteroatoms. The summed E-state index contributed by atoms with van der Waals surface area (Å²) in [5.74, 6) is 0.288. The molecule has 1 atom stereocenters. The molecule has 0 heterocycles. The second kappa shape index (κ2) is 9.49. The maximum atomic E-state index is 11.6. The Kier molecular flexibility index (Phi) is 7.89. The van der Waals surface area contributed by atoms with E-state index in [-0.39, 0.29) is 11.9 Å². The van der Waals surface area contributed by atoms with Crippen LogP contribution in [-0.4, -0.2) is 12.4 Å². The lowest BCUT2D eigenvalue weighted by Crippen LogP contribution is -2.10. The zero-order chi connectivity index (χ0) is 14.8. The molecule has 0 bridgehead atoms. The SMILES string of the molecule is CC/C=C(\C)C(OCCC(=O)CCC)c1ccccc1. The normalized spacial score (nSPS) is 13.2. The minimum atomic E-state index is -0.0365. The summed E-state index contributed by atoms with van der Waals surface area (Å²) in [5.41, 5.74) is 2.36. The third-order valence-electron chi connectivity index (χ3n) is 3.24. The van der Waals surface area contributed by atoms with Crippen LogP contribution >= 0.6 is 0 Å². The third kappa shape index (κ3) is 5.70. The highest BCUT2D eigenvalue weighted by molar-refractivity contribution is 5.78. The molecule has 2 nitrogen and oxygen atoms in total. The van der Waals surface area contributed by atoms with E-state index in [2.05, 4.69) is 32.1 Å². The van der Waals surface area contributed by atoms with E-state index >= 15 is 0 Å². The van der Waals surface area contributed by atoms with Gasteiger partial charge in [-0.1, -0.05) is 50.3 Å². The van der Waals surface area contributed by atoms with Crippen LogP contribution in [0.3, 0.4) is 0 Å². The van der Waals surface area contributed by atoms with E-state index in [0.717, 1.165) is 18.4 Å². The molecule has 0 aliphatic carbocycles. The van der Waals surface area contributed by atoms with Gasteiger partial charge in [-0.25, -0.2) is 0 Å². The zero-order valence-electron chi connectivity index (χ0n) is 12.9. The highest BCUT2D eigenvalue weighted by Crippen LogP contribution is 2.26. The van der Waals surface area contributed by atoms with Crippen molar-refractivity contribution in [2.75, 3.05) is 6.61 Å². The van der Waals surface area contributed by atoms with E-state index in [9.17, 15) is 4.79 Å². The summed E-state index contributed by atoms with van der Waals surface area (Å²) in [6.07, 6.45) is 5.22. The Morgan fingerprint density at radius 1 is 1.20 bits per heavy atom. The number of carbonyl (C=O) groups is 1. The molecule has 0 saturated carbocycles. The topological polar surface area (TPSA) is 26.3 Å². The minimum absolute atomic E-state index is 0.0365. The van der Waals surface area contributed by atoms with Crippen LogP contribution < -0.4 is 0 Å². The van der Waals surface area contributed by atoms with Crippen molar-refractivity contribution in [3.8, 4) is 0 Å². The number of allylic oxidation sites excluding steroid dienone is 1. The Morgan fingerprint density at radius 3 is 2.50 bits per heavy atom. The molecule has 0 aromatic heterocycles. The average molecular weight is 274 g/mol. The summed E-state index contributed by atoms with van der Waals surface area (Å²) in [5, 5.41) is 0. The van der Waals surface area contributed by atoms with Crippen molar-refractivity contribution in [3.63, 3.8) is 0 Å². The number of Topliss-reactive ketones (excluding diaryl/α,β-unsaturated/α-hetero) is 1. The van der Waals surface area contributed by atoms with Crippen molar-refractivity contribution in [2.45, 2.75) is 52.6 Å². The van der Waals surface area contributed by atoms with Gasteiger partial charge in [0.2, 0.25) is 0 Å². The van der Waals surface area contributed by atoms with Crippen molar-refractivity contribution in [3.05, 3.63) is 47.5 Å². The molecule has 1 rings (SSSR count). The minimum Gasteiger partial charge on any atom is -0.369 e. The number of benzene rings is 1. The van der Waals surface area contributed by atoms with Gasteiger partial charge >= 0.3 is 0 Å². The molecule has 0 aliphatic rings. The summed E-state index contributed by atoms with van der Waals surface area (Å²) in [6, 6.07) is 10.2. The number of ketones is 1. The van der Waals surface area contributed by atoms with Crippen molar-refractivity contribution >= 4 is 5.78 Å². The summed E-state index contributed by atoms with van der Waals surface area (Å²) in [6.45, 7) is 6.73. The quantitative estimate of drug-likeness (QED) is 0.601. The molecular weight excluding hydrogens is 248 g/mol. The van der Waals surface area contributed by atoms with Gasteiger partial charge in [0, 0.05) is 12.8 Å². The van der Waals surface area contributed by atoms with Gasteiger partial charge in [0.1, 0.15) is 11.9 Å². The average Bonchev–Trinajstić information content (AvgIpc) is 2.45. The van der Waals surface area contributed by atoms with E-state index in [1.54, 1.807) is 0 Å². The first-order valence-electron chi connectivity index (χ1n) is 7.53. The fraction of sp³-hybridized carbons (Fsp3) is 0.500. The lowest BCUT2D eigenvalue weighted by Gasteiger charge is -2.19. The van der Waals surface area contributed by atoms with Crippen LogP contribution in [0.15, 0.2) is 42.0 Å². The van der Waals surface area contributed by atoms with Crippen molar-refractivity contribution in [2.24, 2.45) is 0 Å². The van der Waals surface area contributed by atoms with Gasteiger partial charge in [-0.05, 0) is 30.9 Å². The predicted molar refractivity (Wildman–Crippen MR) is 83.7 cm³/mol. The first-order chi connectivity index (χ1) is 9.69. The van der Waals surface area contributed by atoms with E-state index in [0.29, 0.717) is 19.4 Å². The summed E-state index contributed by atoms with van der Waals surface area (Å²) in [4.78, 5) is 11.6. The van der Waals surface area contributed by atoms with Crippen LogP contribution in [0.2, 0.25) is 0 Å². The smallest absolute Gasteiger partial charge is 0.135 e. The molecule has 20 heavy (non-hydrogen) atoms. The Morgan fingerprint density at radius 2 is 1.90 bits per heavy atom. The lowest BCUT2D eigenvalue weighted by atomic mass is 10.0. The zero-order valence-corrected chi connectivity index (χ0v) is 12.9. The molecule has 0 saturated heterocycles. The highest BCUT2D eigenvalue weighted by atomic mass is 16.5. The standard InChI is InChI=1S/C18H26O2/c1-4-9-15(3)18(16-11-7-6-8-12-16)20-14-13-17(19)10-5-2/h6-9,11-12,18H,4-5,10,13-14H2,1-3H3/b15-9+. The molecule has 0 N–H and O–H groups in total. The molecule has 0 amide bonds. The van der Waals surface area contributed by atoms with E-state index in [1.165, 1.54) is 5.57 Å². The maximum Gasteiger partial charge on any atom is 0.135 e. The van der Waals surface area contributed by atoms with Gasteiger partial charge in [-0.2, -0.15) is 0 Å². The number of hydrogen-bond donors (Lipinski definition) is 0.